The number of carboxylic acids is 1. The number of aromatic nitrogens is 1. The Balaban J connectivity index is 1.85. The summed E-state index contributed by atoms with van der Waals surface area (Å²) in [7, 11) is 0. The molecule has 6 heteroatoms. The first-order valence-corrected chi connectivity index (χ1v) is 8.67. The molecule has 138 valence electrons. The predicted octanol–water partition coefficient (Wildman–Crippen LogP) is 5.42. The molecule has 0 amide bonds. The molecule has 1 N–H and O–H groups in total. The lowest BCUT2D eigenvalue weighted by molar-refractivity contribution is 0.0690. The third-order valence-corrected chi connectivity index (χ3v) is 4.51. The molecule has 5 nitrogen and oxygen atoms in total. The number of carbonyl (C=O) groups is 1. The Morgan fingerprint density at radius 2 is 1.74 bits per heavy atom. The van der Waals surface area contributed by atoms with Gasteiger partial charge in [-0.2, -0.15) is 4.98 Å². The van der Waals surface area contributed by atoms with E-state index < -0.39 is 5.97 Å². The van der Waals surface area contributed by atoms with Crippen molar-refractivity contribution in [3.8, 4) is 17.5 Å². The molecule has 0 saturated heterocycles. The average molecular weight is 384 g/mol. The molecule has 1 aromatic heterocycles. The number of ether oxygens (including phenoxy) is 2. The lowest BCUT2D eigenvalue weighted by Crippen LogP contribution is -2.06. The summed E-state index contributed by atoms with van der Waals surface area (Å²) in [5, 5.41) is 10.1. The number of aromatic carboxylic acids is 1. The number of pyridine rings is 1. The average Bonchev–Trinajstić information content (AvgIpc) is 2.65. The first-order chi connectivity index (χ1) is 12.9. The van der Waals surface area contributed by atoms with Gasteiger partial charge in [0.25, 0.3) is 0 Å². The van der Waals surface area contributed by atoms with Crippen LogP contribution in [0.1, 0.15) is 27.0 Å². The van der Waals surface area contributed by atoms with Crippen LogP contribution in [0.4, 0.5) is 0 Å². The van der Waals surface area contributed by atoms with Crippen molar-refractivity contribution in [2.45, 2.75) is 20.5 Å². The molecule has 2 aromatic carbocycles. The van der Waals surface area contributed by atoms with Gasteiger partial charge in [0, 0.05) is 11.1 Å². The molecule has 0 bridgehead atoms. The second kappa shape index (κ2) is 8.10. The fourth-order valence-corrected chi connectivity index (χ4v) is 2.67. The van der Waals surface area contributed by atoms with Crippen LogP contribution in [0.15, 0.2) is 54.6 Å². The summed E-state index contributed by atoms with van der Waals surface area (Å²) >= 11 is 6.18. The van der Waals surface area contributed by atoms with Crippen LogP contribution in [0.25, 0.3) is 0 Å². The van der Waals surface area contributed by atoms with E-state index in [0.29, 0.717) is 10.8 Å². The van der Waals surface area contributed by atoms with Crippen LogP contribution in [0.3, 0.4) is 0 Å². The quantitative estimate of drug-likeness (QED) is 0.615. The molecule has 3 rings (SSSR count). The molecule has 0 unspecified atom stereocenters. The van der Waals surface area contributed by atoms with Crippen LogP contribution in [-0.2, 0) is 6.61 Å². The van der Waals surface area contributed by atoms with Crippen LogP contribution in [-0.4, -0.2) is 16.1 Å². The summed E-state index contributed by atoms with van der Waals surface area (Å²) in [6.45, 7) is 3.98. The minimum Gasteiger partial charge on any atom is -0.477 e. The van der Waals surface area contributed by atoms with Crippen LogP contribution in [0.2, 0.25) is 5.02 Å². The number of rotatable bonds is 6. The zero-order chi connectivity index (χ0) is 19.4. The van der Waals surface area contributed by atoms with Crippen LogP contribution >= 0.6 is 11.6 Å². The van der Waals surface area contributed by atoms with Crippen molar-refractivity contribution < 1.29 is 19.4 Å². The maximum atomic E-state index is 11.5. The Labute approximate surface area is 162 Å². The van der Waals surface area contributed by atoms with E-state index in [9.17, 15) is 9.90 Å². The lowest BCUT2D eigenvalue weighted by Gasteiger charge is -2.12. The van der Waals surface area contributed by atoms with Gasteiger partial charge in [0.2, 0.25) is 11.8 Å². The molecular formula is C21H18ClNO4. The maximum Gasteiger partial charge on any atom is 0.341 e. The standard InChI is InChI=1S/C21H18ClNO4/c1-13-10-16(11-14(2)19(13)22)27-18-9-8-17(21(24)25)20(23-18)26-12-15-6-4-3-5-7-15/h3-11H,12H2,1-2H3,(H,24,25). The number of benzene rings is 2. The molecule has 3 aromatic rings. The van der Waals surface area contributed by atoms with Crippen molar-refractivity contribution in [1.82, 2.24) is 4.98 Å². The van der Waals surface area contributed by atoms with Crippen molar-refractivity contribution in [3.63, 3.8) is 0 Å². The minimum atomic E-state index is -1.12. The van der Waals surface area contributed by atoms with Gasteiger partial charge in [0.1, 0.15) is 17.9 Å². The second-order valence-corrected chi connectivity index (χ2v) is 6.43. The highest BCUT2D eigenvalue weighted by Crippen LogP contribution is 2.30. The van der Waals surface area contributed by atoms with E-state index in [2.05, 4.69) is 4.98 Å². The Kier molecular flexibility index (Phi) is 5.62. The number of hydrogen-bond acceptors (Lipinski definition) is 4. The molecule has 0 radical (unpaired) electrons. The smallest absolute Gasteiger partial charge is 0.341 e. The van der Waals surface area contributed by atoms with Gasteiger partial charge in [-0.25, -0.2) is 4.79 Å². The van der Waals surface area contributed by atoms with Crippen molar-refractivity contribution in [3.05, 3.63) is 81.9 Å². The summed E-state index contributed by atoms with van der Waals surface area (Å²) in [5.41, 5.74) is 2.65. The Morgan fingerprint density at radius 3 is 2.37 bits per heavy atom. The highest BCUT2D eigenvalue weighted by molar-refractivity contribution is 6.32. The summed E-state index contributed by atoms with van der Waals surface area (Å²) in [4.78, 5) is 15.7. The molecule has 27 heavy (non-hydrogen) atoms. The Morgan fingerprint density at radius 1 is 1.07 bits per heavy atom. The molecule has 0 saturated carbocycles. The van der Waals surface area contributed by atoms with Gasteiger partial charge in [0.15, 0.2) is 0 Å². The Bertz CT molecular complexity index is 950. The largest absolute Gasteiger partial charge is 0.477 e. The van der Waals surface area contributed by atoms with Gasteiger partial charge in [-0.05, 0) is 48.7 Å². The van der Waals surface area contributed by atoms with E-state index in [0.717, 1.165) is 16.7 Å². The molecule has 0 aliphatic rings. The van der Waals surface area contributed by atoms with Crippen molar-refractivity contribution in [1.29, 1.82) is 0 Å². The normalized spacial score (nSPS) is 10.5. The molecule has 0 atom stereocenters. The fourth-order valence-electron chi connectivity index (χ4n) is 2.56. The predicted molar refractivity (Wildman–Crippen MR) is 103 cm³/mol. The summed E-state index contributed by atoms with van der Waals surface area (Å²) < 4.78 is 11.4. The first-order valence-electron chi connectivity index (χ1n) is 8.29. The molecule has 0 aliphatic heterocycles. The number of hydrogen-bond donors (Lipinski definition) is 1. The number of halogens is 1. The van der Waals surface area contributed by atoms with E-state index >= 15 is 0 Å². The molecule has 0 aliphatic carbocycles. The molecule has 1 heterocycles. The third-order valence-electron chi connectivity index (χ3n) is 3.92. The van der Waals surface area contributed by atoms with Crippen LogP contribution in [0.5, 0.6) is 17.5 Å². The number of carboxylic acid groups (broad SMARTS) is 1. The summed E-state index contributed by atoms with van der Waals surface area (Å²) in [6.07, 6.45) is 0. The minimum absolute atomic E-state index is 0.00580. The van der Waals surface area contributed by atoms with Crippen molar-refractivity contribution in [2.24, 2.45) is 0 Å². The van der Waals surface area contributed by atoms with Crippen molar-refractivity contribution >= 4 is 17.6 Å². The summed E-state index contributed by atoms with van der Waals surface area (Å²) in [6, 6.07) is 16.0. The van der Waals surface area contributed by atoms with Gasteiger partial charge < -0.3 is 14.6 Å². The van der Waals surface area contributed by atoms with Gasteiger partial charge in [-0.3, -0.25) is 0 Å². The van der Waals surface area contributed by atoms with E-state index in [4.69, 9.17) is 21.1 Å². The zero-order valence-corrected chi connectivity index (χ0v) is 15.7. The molecule has 0 fully saturated rings. The molecule has 0 spiro atoms. The topological polar surface area (TPSA) is 68.7 Å². The first kappa shape index (κ1) is 18.7. The van der Waals surface area contributed by atoms with Gasteiger partial charge >= 0.3 is 5.97 Å². The Hall–Kier alpha value is -3.05. The third kappa shape index (κ3) is 4.57. The van der Waals surface area contributed by atoms with E-state index in [1.165, 1.54) is 12.1 Å². The summed E-state index contributed by atoms with van der Waals surface area (Å²) in [5.74, 6) is -0.301. The maximum absolute atomic E-state index is 11.5. The fraction of sp³-hybridized carbons (Fsp3) is 0.143. The zero-order valence-electron chi connectivity index (χ0n) is 14.9. The SMILES string of the molecule is Cc1cc(Oc2ccc(C(=O)O)c(OCc3ccccc3)n2)cc(C)c1Cl. The highest BCUT2D eigenvalue weighted by Gasteiger charge is 2.15. The highest BCUT2D eigenvalue weighted by atomic mass is 35.5. The van der Waals surface area contributed by atoms with E-state index in [1.807, 2.05) is 44.2 Å². The number of nitrogens with zero attached hydrogens (tertiary/aromatic N) is 1. The second-order valence-electron chi connectivity index (χ2n) is 6.05. The lowest BCUT2D eigenvalue weighted by atomic mass is 10.1. The van der Waals surface area contributed by atoms with Crippen LogP contribution in [0, 0.1) is 13.8 Å². The van der Waals surface area contributed by atoms with Crippen molar-refractivity contribution in [2.75, 3.05) is 0 Å². The van der Waals surface area contributed by atoms with Gasteiger partial charge in [-0.1, -0.05) is 41.9 Å². The van der Waals surface area contributed by atoms with Gasteiger partial charge in [0.05, 0.1) is 0 Å². The van der Waals surface area contributed by atoms with Crippen LogP contribution < -0.4 is 9.47 Å². The molecular weight excluding hydrogens is 366 g/mol. The van der Waals surface area contributed by atoms with E-state index in [1.54, 1.807) is 12.1 Å². The monoisotopic (exact) mass is 383 g/mol. The van der Waals surface area contributed by atoms with E-state index in [-0.39, 0.29) is 23.9 Å². The number of aryl methyl sites for hydroxylation is 2. The van der Waals surface area contributed by atoms with Gasteiger partial charge in [-0.15, -0.1) is 0 Å².